The Bertz CT molecular complexity index is 661. The summed E-state index contributed by atoms with van der Waals surface area (Å²) >= 11 is 0. The van der Waals surface area contributed by atoms with E-state index in [0.29, 0.717) is 0 Å². The van der Waals surface area contributed by atoms with Crippen LogP contribution in [0.15, 0.2) is 18.5 Å². The molecule has 1 spiro atoms. The van der Waals surface area contributed by atoms with Crippen LogP contribution in [0.1, 0.15) is 6.42 Å². The van der Waals surface area contributed by atoms with E-state index in [1.54, 1.807) is 0 Å². The maximum Gasteiger partial charge on any atom is 0.159 e. The monoisotopic (exact) mass is 287 g/mol. The van der Waals surface area contributed by atoms with E-state index in [1.165, 1.54) is 5.69 Å². The van der Waals surface area contributed by atoms with E-state index in [9.17, 15) is 0 Å². The first kappa shape index (κ1) is 13.0. The Kier molecular flexibility index (Phi) is 2.90. The summed E-state index contributed by atoms with van der Waals surface area (Å²) in [6.07, 6.45) is 4.92. The molecule has 2 aromatic rings. The van der Waals surface area contributed by atoms with Crippen molar-refractivity contribution in [3.05, 3.63) is 18.5 Å². The summed E-state index contributed by atoms with van der Waals surface area (Å²) < 4.78 is 7.52. The van der Waals surface area contributed by atoms with Gasteiger partial charge < -0.3 is 9.64 Å². The van der Waals surface area contributed by atoms with Crippen LogP contribution in [0.3, 0.4) is 0 Å². The molecule has 2 aliphatic rings. The Labute approximate surface area is 124 Å². The highest BCUT2D eigenvalue weighted by Crippen LogP contribution is 2.33. The topological polar surface area (TPSA) is 46.4 Å². The van der Waals surface area contributed by atoms with Gasteiger partial charge in [0.05, 0.1) is 29.4 Å². The van der Waals surface area contributed by atoms with Gasteiger partial charge in [0.25, 0.3) is 0 Å². The highest BCUT2D eigenvalue weighted by Gasteiger charge is 2.43. The molecule has 2 aromatic heterocycles. The molecule has 112 valence electrons. The van der Waals surface area contributed by atoms with Crippen molar-refractivity contribution in [1.29, 1.82) is 0 Å². The van der Waals surface area contributed by atoms with E-state index in [4.69, 9.17) is 4.74 Å². The highest BCUT2D eigenvalue weighted by molar-refractivity contribution is 5.89. The molecule has 4 rings (SSSR count). The molecule has 0 amide bonds. The predicted octanol–water partition coefficient (Wildman–Crippen LogP) is 0.879. The summed E-state index contributed by atoms with van der Waals surface area (Å²) in [4.78, 5) is 9.38. The van der Waals surface area contributed by atoms with Gasteiger partial charge in [-0.05, 0) is 19.5 Å². The molecule has 2 fully saturated rings. The molecule has 1 atom stereocenters. The Morgan fingerprint density at radius 2 is 2.19 bits per heavy atom. The average molecular weight is 287 g/mol. The average Bonchev–Trinajstić information content (AvgIpc) is 3.11. The van der Waals surface area contributed by atoms with E-state index >= 15 is 0 Å². The molecule has 0 radical (unpaired) electrons. The van der Waals surface area contributed by atoms with Gasteiger partial charge in [0.15, 0.2) is 5.65 Å². The fourth-order valence-corrected chi connectivity index (χ4v) is 3.60. The number of aromatic nitrogens is 3. The van der Waals surface area contributed by atoms with Gasteiger partial charge in [0.2, 0.25) is 0 Å². The molecule has 2 aliphatic heterocycles. The van der Waals surface area contributed by atoms with Crippen LogP contribution in [0.5, 0.6) is 0 Å². The van der Waals surface area contributed by atoms with Crippen molar-refractivity contribution in [2.45, 2.75) is 12.0 Å². The Balaban J connectivity index is 1.72. The lowest BCUT2D eigenvalue weighted by Crippen LogP contribution is -2.61. The zero-order valence-corrected chi connectivity index (χ0v) is 12.6. The third-order valence-corrected chi connectivity index (χ3v) is 5.04. The Morgan fingerprint density at radius 1 is 1.29 bits per heavy atom. The molecule has 1 unspecified atom stereocenters. The summed E-state index contributed by atoms with van der Waals surface area (Å²) in [5.41, 5.74) is 2.35. The number of aryl methyl sites for hydroxylation is 1. The van der Waals surface area contributed by atoms with Crippen molar-refractivity contribution in [3.8, 4) is 0 Å². The number of rotatable bonds is 1. The molecule has 0 saturated carbocycles. The maximum atomic E-state index is 5.69. The van der Waals surface area contributed by atoms with Crippen molar-refractivity contribution >= 4 is 16.7 Å². The second kappa shape index (κ2) is 4.68. The number of ether oxygens (including phenoxy) is 1. The fraction of sp³-hybridized carbons (Fsp3) is 0.600. The lowest BCUT2D eigenvalue weighted by Gasteiger charge is -2.47. The molecule has 0 aromatic carbocycles. The number of piperazine rings is 1. The predicted molar refractivity (Wildman–Crippen MR) is 81.5 cm³/mol. The first-order valence-electron chi connectivity index (χ1n) is 7.50. The van der Waals surface area contributed by atoms with Crippen LogP contribution in [0.4, 0.5) is 5.69 Å². The number of likely N-dealkylation sites (N-methyl/N-ethyl adjacent to an activating group) is 1. The zero-order valence-electron chi connectivity index (χ0n) is 12.6. The fourth-order valence-electron chi connectivity index (χ4n) is 3.60. The minimum Gasteiger partial charge on any atom is -0.379 e. The molecule has 2 saturated heterocycles. The number of hydrogen-bond donors (Lipinski definition) is 0. The van der Waals surface area contributed by atoms with Crippen LogP contribution in [0.25, 0.3) is 11.0 Å². The summed E-state index contributed by atoms with van der Waals surface area (Å²) in [5, 5.41) is 5.49. The molecule has 0 aliphatic carbocycles. The molecule has 6 nitrogen and oxygen atoms in total. The minimum absolute atomic E-state index is 0.163. The van der Waals surface area contributed by atoms with Gasteiger partial charge in [-0.3, -0.25) is 9.58 Å². The Morgan fingerprint density at radius 3 is 3.00 bits per heavy atom. The van der Waals surface area contributed by atoms with Gasteiger partial charge in [0, 0.05) is 39.5 Å². The first-order valence-corrected chi connectivity index (χ1v) is 7.50. The smallest absolute Gasteiger partial charge is 0.159 e. The molecular formula is C15H21N5O. The van der Waals surface area contributed by atoms with Crippen molar-refractivity contribution in [3.63, 3.8) is 0 Å². The van der Waals surface area contributed by atoms with Crippen LogP contribution < -0.4 is 4.90 Å². The summed E-state index contributed by atoms with van der Waals surface area (Å²) in [6, 6.07) is 2.11. The third kappa shape index (κ3) is 1.93. The lowest BCUT2D eigenvalue weighted by molar-refractivity contribution is 0.0779. The van der Waals surface area contributed by atoms with Crippen LogP contribution >= 0.6 is 0 Å². The molecular weight excluding hydrogens is 266 g/mol. The number of hydrogen-bond acceptors (Lipinski definition) is 5. The van der Waals surface area contributed by atoms with E-state index in [-0.39, 0.29) is 5.54 Å². The molecule has 0 bridgehead atoms. The van der Waals surface area contributed by atoms with Gasteiger partial charge in [0.1, 0.15) is 0 Å². The van der Waals surface area contributed by atoms with Crippen molar-refractivity contribution < 1.29 is 4.74 Å². The van der Waals surface area contributed by atoms with E-state index < -0.39 is 0 Å². The largest absolute Gasteiger partial charge is 0.379 e. The highest BCUT2D eigenvalue weighted by atomic mass is 16.5. The zero-order chi connectivity index (χ0) is 14.4. The van der Waals surface area contributed by atoms with E-state index in [1.807, 2.05) is 24.1 Å². The standard InChI is InChI=1S/C15H21N5O/c1-18-6-7-20(10-15(18)4-8-21-11-15)13-3-5-16-14-12(13)9-17-19(14)2/h3,5,9H,4,6-8,10-11H2,1-2H3. The first-order chi connectivity index (χ1) is 10.2. The number of fused-ring (bicyclic) bond motifs is 1. The Hall–Kier alpha value is -1.66. The van der Waals surface area contributed by atoms with Crippen molar-refractivity contribution in [1.82, 2.24) is 19.7 Å². The number of anilines is 1. The van der Waals surface area contributed by atoms with Crippen LogP contribution in [0.2, 0.25) is 0 Å². The summed E-state index contributed by atoms with van der Waals surface area (Å²) in [7, 11) is 4.16. The van der Waals surface area contributed by atoms with Gasteiger partial charge in [-0.25, -0.2) is 4.98 Å². The van der Waals surface area contributed by atoms with Gasteiger partial charge in [-0.2, -0.15) is 5.10 Å². The van der Waals surface area contributed by atoms with Gasteiger partial charge >= 0.3 is 0 Å². The number of pyridine rings is 1. The van der Waals surface area contributed by atoms with Crippen molar-refractivity contribution in [2.75, 3.05) is 44.8 Å². The van der Waals surface area contributed by atoms with Crippen LogP contribution in [-0.4, -0.2) is 65.1 Å². The second-order valence-corrected chi connectivity index (χ2v) is 6.21. The molecule has 21 heavy (non-hydrogen) atoms. The van der Waals surface area contributed by atoms with E-state index in [2.05, 4.69) is 33.0 Å². The molecule has 0 N–H and O–H groups in total. The van der Waals surface area contributed by atoms with Gasteiger partial charge in [-0.1, -0.05) is 0 Å². The lowest BCUT2D eigenvalue weighted by atomic mass is 9.93. The van der Waals surface area contributed by atoms with E-state index in [0.717, 1.165) is 50.3 Å². The second-order valence-electron chi connectivity index (χ2n) is 6.21. The summed E-state index contributed by atoms with van der Waals surface area (Å²) in [5.74, 6) is 0. The normalized spacial score (nSPS) is 27.0. The number of nitrogens with zero attached hydrogens (tertiary/aromatic N) is 5. The minimum atomic E-state index is 0.163. The third-order valence-electron chi connectivity index (χ3n) is 5.04. The quantitative estimate of drug-likeness (QED) is 0.779. The molecule has 4 heterocycles. The SMILES string of the molecule is CN1CCN(c2ccnc3c2cnn3C)CC12CCOC2. The van der Waals surface area contributed by atoms with Crippen LogP contribution in [0, 0.1) is 0 Å². The van der Waals surface area contributed by atoms with Crippen LogP contribution in [-0.2, 0) is 11.8 Å². The van der Waals surface area contributed by atoms with Crippen molar-refractivity contribution in [2.24, 2.45) is 7.05 Å². The molecule has 6 heteroatoms. The maximum absolute atomic E-state index is 5.69. The summed E-state index contributed by atoms with van der Waals surface area (Å²) in [6.45, 7) is 4.81. The van der Waals surface area contributed by atoms with Gasteiger partial charge in [-0.15, -0.1) is 0 Å².